The number of likely N-dealkylation sites (tertiary alicyclic amines) is 1. The van der Waals surface area contributed by atoms with Crippen molar-refractivity contribution in [2.45, 2.75) is 51.6 Å². The maximum Gasteiger partial charge on any atom is 0.220 e. The van der Waals surface area contributed by atoms with E-state index in [4.69, 9.17) is 0 Å². The SMILES string of the molecule is CNCCCC(=O)NC1CCN(C(C)C)CC1. The third-order valence-electron chi connectivity index (χ3n) is 3.46. The van der Waals surface area contributed by atoms with Gasteiger partial charge in [-0.05, 0) is 46.7 Å². The summed E-state index contributed by atoms with van der Waals surface area (Å²) in [6, 6.07) is 1.02. The molecule has 0 aliphatic carbocycles. The van der Waals surface area contributed by atoms with Crippen molar-refractivity contribution in [1.82, 2.24) is 15.5 Å². The number of hydrogen-bond donors (Lipinski definition) is 2. The molecule has 0 spiro atoms. The summed E-state index contributed by atoms with van der Waals surface area (Å²) in [6.07, 6.45) is 3.75. The van der Waals surface area contributed by atoms with Crippen LogP contribution in [-0.2, 0) is 4.79 Å². The molecule has 0 radical (unpaired) electrons. The number of carbonyl (C=O) groups is 1. The second kappa shape index (κ2) is 7.67. The van der Waals surface area contributed by atoms with Gasteiger partial charge < -0.3 is 15.5 Å². The topological polar surface area (TPSA) is 44.4 Å². The average molecular weight is 241 g/mol. The van der Waals surface area contributed by atoms with Gasteiger partial charge in [0, 0.05) is 31.6 Å². The van der Waals surface area contributed by atoms with Crippen molar-refractivity contribution < 1.29 is 4.79 Å². The van der Waals surface area contributed by atoms with E-state index in [9.17, 15) is 4.79 Å². The first-order valence-corrected chi connectivity index (χ1v) is 6.81. The van der Waals surface area contributed by atoms with Crippen molar-refractivity contribution in [3.8, 4) is 0 Å². The Bertz CT molecular complexity index is 223. The lowest BCUT2D eigenvalue weighted by Crippen LogP contribution is -2.46. The molecule has 4 nitrogen and oxygen atoms in total. The predicted molar refractivity (Wildman–Crippen MR) is 71.0 cm³/mol. The Labute approximate surface area is 105 Å². The molecule has 1 saturated heterocycles. The lowest BCUT2D eigenvalue weighted by atomic mass is 10.0. The Morgan fingerprint density at radius 1 is 1.35 bits per heavy atom. The number of nitrogens with one attached hydrogen (secondary N) is 2. The highest BCUT2D eigenvalue weighted by atomic mass is 16.1. The standard InChI is InChI=1S/C13H27N3O/c1-11(2)16-9-6-12(7-10-16)15-13(17)5-4-8-14-3/h11-12,14H,4-10H2,1-3H3,(H,15,17). The van der Waals surface area contributed by atoms with Gasteiger partial charge in [0.05, 0.1) is 0 Å². The molecule has 0 aromatic heterocycles. The van der Waals surface area contributed by atoms with Gasteiger partial charge >= 0.3 is 0 Å². The Balaban J connectivity index is 2.15. The zero-order valence-corrected chi connectivity index (χ0v) is 11.5. The van der Waals surface area contributed by atoms with E-state index in [1.807, 2.05) is 7.05 Å². The van der Waals surface area contributed by atoms with Crippen molar-refractivity contribution in [2.75, 3.05) is 26.7 Å². The summed E-state index contributed by atoms with van der Waals surface area (Å²) >= 11 is 0. The van der Waals surface area contributed by atoms with Crippen LogP contribution >= 0.6 is 0 Å². The van der Waals surface area contributed by atoms with E-state index in [0.29, 0.717) is 18.5 Å². The zero-order chi connectivity index (χ0) is 12.7. The number of piperidine rings is 1. The summed E-state index contributed by atoms with van der Waals surface area (Å²) in [7, 11) is 1.92. The minimum absolute atomic E-state index is 0.211. The summed E-state index contributed by atoms with van der Waals surface area (Å²) in [5, 5.41) is 6.20. The van der Waals surface area contributed by atoms with E-state index in [1.54, 1.807) is 0 Å². The maximum atomic E-state index is 11.6. The molecule has 1 fully saturated rings. The fourth-order valence-electron chi connectivity index (χ4n) is 2.29. The molecule has 1 aliphatic rings. The van der Waals surface area contributed by atoms with Crippen LogP contribution in [0.3, 0.4) is 0 Å². The van der Waals surface area contributed by atoms with E-state index >= 15 is 0 Å². The molecule has 0 aromatic rings. The molecule has 2 N–H and O–H groups in total. The molecule has 1 heterocycles. The first kappa shape index (κ1) is 14.5. The Hall–Kier alpha value is -0.610. The molecule has 0 bridgehead atoms. The predicted octanol–water partition coefficient (Wildman–Crippen LogP) is 0.975. The van der Waals surface area contributed by atoms with E-state index in [0.717, 1.165) is 38.9 Å². The van der Waals surface area contributed by atoms with E-state index in [2.05, 4.69) is 29.4 Å². The van der Waals surface area contributed by atoms with Crippen LogP contribution in [0.25, 0.3) is 0 Å². The Kier molecular flexibility index (Phi) is 6.52. The fourth-order valence-corrected chi connectivity index (χ4v) is 2.29. The highest BCUT2D eigenvalue weighted by molar-refractivity contribution is 5.76. The van der Waals surface area contributed by atoms with Crippen molar-refractivity contribution in [3.63, 3.8) is 0 Å². The van der Waals surface area contributed by atoms with E-state index in [1.165, 1.54) is 0 Å². The highest BCUT2D eigenvalue weighted by Gasteiger charge is 2.21. The monoisotopic (exact) mass is 241 g/mol. The van der Waals surface area contributed by atoms with Gasteiger partial charge in [-0.3, -0.25) is 4.79 Å². The molecule has 1 aliphatic heterocycles. The molecule has 4 heteroatoms. The average Bonchev–Trinajstić information content (AvgIpc) is 2.30. The first-order chi connectivity index (χ1) is 8.13. The van der Waals surface area contributed by atoms with Crippen LogP contribution in [0.2, 0.25) is 0 Å². The van der Waals surface area contributed by atoms with Crippen LogP contribution in [0.5, 0.6) is 0 Å². The van der Waals surface area contributed by atoms with Crippen molar-refractivity contribution in [1.29, 1.82) is 0 Å². The first-order valence-electron chi connectivity index (χ1n) is 6.81. The molecular formula is C13H27N3O. The maximum absolute atomic E-state index is 11.6. The van der Waals surface area contributed by atoms with Gasteiger partial charge in [-0.2, -0.15) is 0 Å². The number of rotatable bonds is 6. The van der Waals surface area contributed by atoms with Gasteiger partial charge in [-0.1, -0.05) is 0 Å². The summed E-state index contributed by atoms with van der Waals surface area (Å²) in [5.74, 6) is 0.211. The summed E-state index contributed by atoms with van der Waals surface area (Å²) in [6.45, 7) is 7.60. The minimum Gasteiger partial charge on any atom is -0.353 e. The van der Waals surface area contributed by atoms with Gasteiger partial charge in [0.25, 0.3) is 0 Å². The highest BCUT2D eigenvalue weighted by Crippen LogP contribution is 2.13. The second-order valence-electron chi connectivity index (χ2n) is 5.18. The summed E-state index contributed by atoms with van der Waals surface area (Å²) in [5.41, 5.74) is 0. The number of carbonyl (C=O) groups excluding carboxylic acids is 1. The Morgan fingerprint density at radius 2 is 2.00 bits per heavy atom. The molecule has 0 saturated carbocycles. The zero-order valence-electron chi connectivity index (χ0n) is 11.5. The normalized spacial score (nSPS) is 18.6. The van der Waals surface area contributed by atoms with Crippen LogP contribution in [0.1, 0.15) is 39.5 Å². The molecule has 1 rings (SSSR count). The number of amides is 1. The molecule has 1 amide bonds. The fraction of sp³-hybridized carbons (Fsp3) is 0.923. The minimum atomic E-state index is 0.211. The molecule has 0 unspecified atom stereocenters. The summed E-state index contributed by atoms with van der Waals surface area (Å²) < 4.78 is 0. The van der Waals surface area contributed by atoms with Crippen LogP contribution in [0, 0.1) is 0 Å². The number of nitrogens with zero attached hydrogens (tertiary/aromatic N) is 1. The summed E-state index contributed by atoms with van der Waals surface area (Å²) in [4.78, 5) is 14.1. The van der Waals surface area contributed by atoms with Gasteiger partial charge in [-0.15, -0.1) is 0 Å². The van der Waals surface area contributed by atoms with Gasteiger partial charge in [0.2, 0.25) is 5.91 Å². The Morgan fingerprint density at radius 3 is 2.53 bits per heavy atom. The van der Waals surface area contributed by atoms with Gasteiger partial charge in [0.15, 0.2) is 0 Å². The second-order valence-corrected chi connectivity index (χ2v) is 5.18. The van der Waals surface area contributed by atoms with Crippen molar-refractivity contribution in [2.24, 2.45) is 0 Å². The molecule has 17 heavy (non-hydrogen) atoms. The van der Waals surface area contributed by atoms with E-state index < -0.39 is 0 Å². The van der Waals surface area contributed by atoms with Crippen LogP contribution in [0.4, 0.5) is 0 Å². The third-order valence-corrected chi connectivity index (χ3v) is 3.46. The van der Waals surface area contributed by atoms with Crippen molar-refractivity contribution >= 4 is 5.91 Å². The molecule has 0 aromatic carbocycles. The quantitative estimate of drug-likeness (QED) is 0.681. The van der Waals surface area contributed by atoms with Gasteiger partial charge in [-0.25, -0.2) is 0 Å². The molecular weight excluding hydrogens is 214 g/mol. The van der Waals surface area contributed by atoms with Crippen LogP contribution < -0.4 is 10.6 Å². The van der Waals surface area contributed by atoms with Crippen molar-refractivity contribution in [3.05, 3.63) is 0 Å². The molecule has 0 atom stereocenters. The van der Waals surface area contributed by atoms with Crippen LogP contribution in [0.15, 0.2) is 0 Å². The lowest BCUT2D eigenvalue weighted by Gasteiger charge is -2.34. The third kappa shape index (κ3) is 5.50. The largest absolute Gasteiger partial charge is 0.353 e. The number of hydrogen-bond acceptors (Lipinski definition) is 3. The van der Waals surface area contributed by atoms with E-state index in [-0.39, 0.29) is 5.91 Å². The van der Waals surface area contributed by atoms with Crippen LogP contribution in [-0.4, -0.2) is 49.6 Å². The smallest absolute Gasteiger partial charge is 0.220 e. The lowest BCUT2D eigenvalue weighted by molar-refractivity contribution is -0.122. The van der Waals surface area contributed by atoms with Gasteiger partial charge in [0.1, 0.15) is 0 Å². The molecule has 100 valence electrons.